The van der Waals surface area contributed by atoms with Crippen LogP contribution in [0.4, 0.5) is 8.78 Å². The van der Waals surface area contributed by atoms with Crippen molar-refractivity contribution in [3.05, 3.63) is 59.2 Å². The molecule has 0 bridgehead atoms. The number of rotatable bonds is 3. The van der Waals surface area contributed by atoms with Crippen molar-refractivity contribution in [2.45, 2.75) is 52.4 Å². The molecular weight excluding hydrogens is 290 g/mol. The molecule has 0 unspecified atom stereocenters. The Morgan fingerprint density at radius 1 is 1.04 bits per heavy atom. The molecule has 0 aliphatic heterocycles. The first-order valence-electron chi connectivity index (χ1n) is 8.50. The van der Waals surface area contributed by atoms with Gasteiger partial charge in [-0.15, -0.1) is 0 Å². The lowest BCUT2D eigenvalue weighted by Crippen LogP contribution is -2.16. The molecule has 1 fully saturated rings. The van der Waals surface area contributed by atoms with Crippen LogP contribution >= 0.6 is 0 Å². The van der Waals surface area contributed by atoms with E-state index in [1.807, 2.05) is 12.1 Å². The smallest absolute Gasteiger partial charge is 0.131 e. The highest BCUT2D eigenvalue weighted by Crippen LogP contribution is 2.51. The average Bonchev–Trinajstić information content (AvgIpc) is 2.88. The summed E-state index contributed by atoms with van der Waals surface area (Å²) in [5.41, 5.74) is 3.86. The summed E-state index contributed by atoms with van der Waals surface area (Å²) in [6, 6.07) is 9.94. The molecule has 0 N–H and O–H groups in total. The maximum Gasteiger partial charge on any atom is 0.131 e. The van der Waals surface area contributed by atoms with Gasteiger partial charge in [0, 0.05) is 5.56 Å². The van der Waals surface area contributed by atoms with Crippen molar-refractivity contribution in [1.82, 2.24) is 0 Å². The fraction of sp³-hybridized carbons (Fsp3) is 0.429. The van der Waals surface area contributed by atoms with Crippen molar-refractivity contribution in [1.29, 1.82) is 0 Å². The second-order valence-corrected chi connectivity index (χ2v) is 7.33. The standard InChI is InChI=1S/C21H24F2/c1-4-14-7-9-16(18-13-15(22)8-10-20(18)23)17(12-14)19-6-5-11-21(19,2)3/h7-10,12-13,19H,4-6,11H2,1-3H3/t19-/m1/s1. The van der Waals surface area contributed by atoms with Gasteiger partial charge in [-0.25, -0.2) is 8.78 Å². The van der Waals surface area contributed by atoms with Gasteiger partial charge in [-0.2, -0.15) is 0 Å². The Morgan fingerprint density at radius 2 is 1.83 bits per heavy atom. The number of halogens is 2. The van der Waals surface area contributed by atoms with Gasteiger partial charge < -0.3 is 0 Å². The Balaban J connectivity index is 2.19. The molecule has 0 spiro atoms. The van der Waals surface area contributed by atoms with Gasteiger partial charge in [0.25, 0.3) is 0 Å². The molecule has 1 saturated carbocycles. The van der Waals surface area contributed by atoms with E-state index in [-0.39, 0.29) is 11.2 Å². The van der Waals surface area contributed by atoms with Crippen molar-refractivity contribution in [2.75, 3.05) is 0 Å². The van der Waals surface area contributed by atoms with E-state index in [4.69, 9.17) is 0 Å². The zero-order chi connectivity index (χ0) is 16.6. The van der Waals surface area contributed by atoms with Crippen LogP contribution in [0, 0.1) is 17.0 Å². The first-order chi connectivity index (χ1) is 10.9. The maximum absolute atomic E-state index is 14.3. The summed E-state index contributed by atoms with van der Waals surface area (Å²) in [6.45, 7) is 6.70. The topological polar surface area (TPSA) is 0 Å². The summed E-state index contributed by atoms with van der Waals surface area (Å²) in [4.78, 5) is 0. The predicted octanol–water partition coefficient (Wildman–Crippen LogP) is 6.49. The summed E-state index contributed by atoms with van der Waals surface area (Å²) >= 11 is 0. The van der Waals surface area contributed by atoms with Crippen LogP contribution in [0.15, 0.2) is 36.4 Å². The van der Waals surface area contributed by atoms with Gasteiger partial charge >= 0.3 is 0 Å². The van der Waals surface area contributed by atoms with Gasteiger partial charge in [0.1, 0.15) is 11.6 Å². The fourth-order valence-corrected chi connectivity index (χ4v) is 3.97. The normalized spacial score (nSPS) is 20.0. The third kappa shape index (κ3) is 3.04. The second-order valence-electron chi connectivity index (χ2n) is 7.33. The lowest BCUT2D eigenvalue weighted by Gasteiger charge is -2.30. The average molecular weight is 314 g/mol. The molecule has 0 saturated heterocycles. The number of aryl methyl sites for hydroxylation is 1. The molecule has 1 aliphatic rings. The van der Waals surface area contributed by atoms with Crippen LogP contribution < -0.4 is 0 Å². The van der Waals surface area contributed by atoms with Gasteiger partial charge in [-0.3, -0.25) is 0 Å². The van der Waals surface area contributed by atoms with Crippen LogP contribution in [0.1, 0.15) is 57.1 Å². The van der Waals surface area contributed by atoms with E-state index >= 15 is 0 Å². The van der Waals surface area contributed by atoms with E-state index in [0.29, 0.717) is 11.5 Å². The zero-order valence-corrected chi connectivity index (χ0v) is 14.1. The fourth-order valence-electron chi connectivity index (χ4n) is 3.97. The predicted molar refractivity (Wildman–Crippen MR) is 91.5 cm³/mol. The first-order valence-corrected chi connectivity index (χ1v) is 8.50. The molecule has 1 atom stereocenters. The molecule has 3 rings (SSSR count). The van der Waals surface area contributed by atoms with Crippen LogP contribution in [0.5, 0.6) is 0 Å². The Labute approximate surface area is 137 Å². The van der Waals surface area contributed by atoms with Gasteiger partial charge in [0.05, 0.1) is 0 Å². The largest absolute Gasteiger partial charge is 0.207 e. The third-order valence-electron chi connectivity index (χ3n) is 5.38. The monoisotopic (exact) mass is 314 g/mol. The minimum atomic E-state index is -0.391. The molecule has 0 nitrogen and oxygen atoms in total. The molecular formula is C21H24F2. The highest BCUT2D eigenvalue weighted by molar-refractivity contribution is 5.69. The van der Waals surface area contributed by atoms with Crippen LogP contribution in [0.25, 0.3) is 11.1 Å². The van der Waals surface area contributed by atoms with Crippen LogP contribution in [0.3, 0.4) is 0 Å². The van der Waals surface area contributed by atoms with Gasteiger partial charge in [0.15, 0.2) is 0 Å². The van der Waals surface area contributed by atoms with Crippen molar-refractivity contribution < 1.29 is 8.78 Å². The number of benzene rings is 2. The first kappa shape index (κ1) is 16.2. The minimum absolute atomic E-state index is 0.199. The van der Waals surface area contributed by atoms with Crippen molar-refractivity contribution in [3.8, 4) is 11.1 Å². The van der Waals surface area contributed by atoms with E-state index < -0.39 is 5.82 Å². The van der Waals surface area contributed by atoms with Gasteiger partial charge in [-0.1, -0.05) is 45.4 Å². The van der Waals surface area contributed by atoms with Crippen LogP contribution in [-0.4, -0.2) is 0 Å². The summed E-state index contributed by atoms with van der Waals surface area (Å²) in [7, 11) is 0. The molecule has 0 radical (unpaired) electrons. The van der Waals surface area contributed by atoms with Crippen molar-refractivity contribution in [3.63, 3.8) is 0 Å². The summed E-state index contributed by atoms with van der Waals surface area (Å²) in [5, 5.41) is 0. The van der Waals surface area contributed by atoms with E-state index in [2.05, 4.69) is 26.8 Å². The summed E-state index contributed by atoms with van der Waals surface area (Å²) in [5.74, 6) is -0.350. The molecule has 0 aromatic heterocycles. The SMILES string of the molecule is CCc1ccc(-c2cc(F)ccc2F)c([C@H]2CCCC2(C)C)c1. The summed E-state index contributed by atoms with van der Waals surface area (Å²) in [6.07, 6.45) is 4.44. The number of hydrogen-bond donors (Lipinski definition) is 0. The quantitative estimate of drug-likeness (QED) is 0.607. The molecule has 1 aliphatic carbocycles. The second kappa shape index (κ2) is 6.07. The molecule has 2 heteroatoms. The molecule has 0 amide bonds. The van der Waals surface area contributed by atoms with Crippen molar-refractivity contribution in [2.24, 2.45) is 5.41 Å². The Bertz CT molecular complexity index is 716. The van der Waals surface area contributed by atoms with Gasteiger partial charge in [-0.05, 0) is 65.5 Å². The molecule has 2 aromatic carbocycles. The lowest BCUT2D eigenvalue weighted by atomic mass is 9.75. The summed E-state index contributed by atoms with van der Waals surface area (Å²) < 4.78 is 28.0. The Morgan fingerprint density at radius 3 is 2.48 bits per heavy atom. The van der Waals surface area contributed by atoms with E-state index in [1.54, 1.807) is 0 Å². The van der Waals surface area contributed by atoms with Crippen LogP contribution in [0.2, 0.25) is 0 Å². The van der Waals surface area contributed by atoms with Crippen LogP contribution in [-0.2, 0) is 6.42 Å². The van der Waals surface area contributed by atoms with Gasteiger partial charge in [0.2, 0.25) is 0 Å². The third-order valence-corrected chi connectivity index (χ3v) is 5.38. The lowest BCUT2D eigenvalue weighted by molar-refractivity contribution is 0.332. The zero-order valence-electron chi connectivity index (χ0n) is 14.1. The molecule has 23 heavy (non-hydrogen) atoms. The minimum Gasteiger partial charge on any atom is -0.207 e. The Hall–Kier alpha value is -1.70. The highest BCUT2D eigenvalue weighted by atomic mass is 19.1. The highest BCUT2D eigenvalue weighted by Gasteiger charge is 2.37. The van der Waals surface area contributed by atoms with E-state index in [9.17, 15) is 8.78 Å². The van der Waals surface area contributed by atoms with E-state index in [1.165, 1.54) is 42.2 Å². The van der Waals surface area contributed by atoms with Crippen molar-refractivity contribution >= 4 is 0 Å². The maximum atomic E-state index is 14.3. The number of hydrogen-bond acceptors (Lipinski definition) is 0. The molecule has 0 heterocycles. The van der Waals surface area contributed by atoms with E-state index in [0.717, 1.165) is 18.4 Å². The molecule has 122 valence electrons. The Kier molecular flexibility index (Phi) is 4.27. The molecule has 2 aromatic rings.